The molecule has 1 aromatic heterocycles. The summed E-state index contributed by atoms with van der Waals surface area (Å²) in [6.45, 7) is 2.61. The minimum Gasteiger partial charge on any atom is -0.496 e. The number of halogens is 1. The summed E-state index contributed by atoms with van der Waals surface area (Å²) >= 11 is 5.27. The van der Waals surface area contributed by atoms with Crippen LogP contribution in [0.2, 0.25) is 0 Å². The van der Waals surface area contributed by atoms with Crippen molar-refractivity contribution in [2.45, 2.75) is 18.3 Å². The van der Waals surface area contributed by atoms with Gasteiger partial charge in [-0.25, -0.2) is 0 Å². The summed E-state index contributed by atoms with van der Waals surface area (Å²) in [4.78, 5) is 14.8. The summed E-state index contributed by atoms with van der Waals surface area (Å²) in [6.07, 6.45) is 3.51. The summed E-state index contributed by atoms with van der Waals surface area (Å²) in [5, 5.41) is 4.15. The molecule has 0 aliphatic carbocycles. The highest BCUT2D eigenvalue weighted by Crippen LogP contribution is 2.43. The van der Waals surface area contributed by atoms with Gasteiger partial charge in [0.1, 0.15) is 17.2 Å². The van der Waals surface area contributed by atoms with Gasteiger partial charge in [-0.15, -0.1) is 11.8 Å². The predicted octanol–water partition coefficient (Wildman–Crippen LogP) is 3.49. The highest BCUT2D eigenvalue weighted by molar-refractivity contribution is 9.10. The van der Waals surface area contributed by atoms with Gasteiger partial charge in [-0.2, -0.15) is 5.10 Å². The number of rotatable bonds is 4. The Morgan fingerprint density at radius 2 is 2.35 bits per heavy atom. The maximum atomic E-state index is 12.9. The molecule has 2 aromatic rings. The molecule has 3 rings (SSSR count). The minimum absolute atomic E-state index is 0.0343. The number of nitrogens with zero attached hydrogens (tertiary/aromatic N) is 3. The average Bonchev–Trinajstić information content (AvgIpc) is 3.24. The van der Waals surface area contributed by atoms with Crippen LogP contribution in [0.3, 0.4) is 0 Å². The van der Waals surface area contributed by atoms with E-state index in [1.165, 1.54) is 0 Å². The van der Waals surface area contributed by atoms with Gasteiger partial charge in [0.05, 0.1) is 7.11 Å². The number of hydrogen-bond donors (Lipinski definition) is 0. The molecule has 2 atom stereocenters. The first-order chi connectivity index (χ1) is 11.1. The Morgan fingerprint density at radius 3 is 3.04 bits per heavy atom. The first kappa shape index (κ1) is 16.4. The Morgan fingerprint density at radius 1 is 1.52 bits per heavy atom. The van der Waals surface area contributed by atoms with Gasteiger partial charge in [-0.1, -0.05) is 15.9 Å². The van der Waals surface area contributed by atoms with E-state index in [9.17, 15) is 4.79 Å². The maximum Gasteiger partial charge on any atom is 0.248 e. The zero-order valence-electron chi connectivity index (χ0n) is 13.0. The SMILES string of the molecule is COc1ccc(Br)cc1C1SCCN1C(=O)C(C)n1cccn1. The largest absolute Gasteiger partial charge is 0.496 e. The fourth-order valence-electron chi connectivity index (χ4n) is 2.71. The molecule has 1 aliphatic rings. The van der Waals surface area contributed by atoms with Gasteiger partial charge in [0.25, 0.3) is 0 Å². The highest BCUT2D eigenvalue weighted by Gasteiger charge is 2.35. The molecule has 1 fully saturated rings. The van der Waals surface area contributed by atoms with Crippen LogP contribution in [0.15, 0.2) is 41.1 Å². The monoisotopic (exact) mass is 395 g/mol. The zero-order chi connectivity index (χ0) is 16.4. The van der Waals surface area contributed by atoms with Gasteiger partial charge in [0.15, 0.2) is 0 Å². The lowest BCUT2D eigenvalue weighted by Crippen LogP contribution is -2.36. The third-order valence-electron chi connectivity index (χ3n) is 3.91. The van der Waals surface area contributed by atoms with Crippen molar-refractivity contribution >= 4 is 33.6 Å². The molecule has 1 amide bonds. The van der Waals surface area contributed by atoms with Gasteiger partial charge in [0.2, 0.25) is 5.91 Å². The summed E-state index contributed by atoms with van der Waals surface area (Å²) in [5.74, 6) is 1.79. The van der Waals surface area contributed by atoms with Crippen molar-refractivity contribution in [1.29, 1.82) is 0 Å². The fourth-order valence-corrected chi connectivity index (χ4v) is 4.37. The highest BCUT2D eigenvalue weighted by atomic mass is 79.9. The normalized spacial score (nSPS) is 18.9. The third kappa shape index (κ3) is 3.26. The fraction of sp³-hybridized carbons (Fsp3) is 0.375. The second-order valence-corrected chi connectivity index (χ2v) is 7.41. The Kier molecular flexibility index (Phi) is 4.96. The van der Waals surface area contributed by atoms with Crippen LogP contribution in [0, 0.1) is 0 Å². The van der Waals surface area contributed by atoms with E-state index in [1.54, 1.807) is 29.8 Å². The number of carbonyl (C=O) groups is 1. The van der Waals surface area contributed by atoms with Crippen LogP contribution in [-0.4, -0.2) is 40.0 Å². The van der Waals surface area contributed by atoms with E-state index in [0.717, 1.165) is 28.1 Å². The number of aromatic nitrogens is 2. The predicted molar refractivity (Wildman–Crippen MR) is 94.5 cm³/mol. The molecule has 0 radical (unpaired) electrons. The molecule has 7 heteroatoms. The van der Waals surface area contributed by atoms with Crippen molar-refractivity contribution in [3.8, 4) is 5.75 Å². The second-order valence-electron chi connectivity index (χ2n) is 5.30. The van der Waals surface area contributed by atoms with Gasteiger partial charge < -0.3 is 9.64 Å². The van der Waals surface area contributed by atoms with Crippen LogP contribution >= 0.6 is 27.7 Å². The lowest BCUT2D eigenvalue weighted by molar-refractivity contribution is -0.134. The summed E-state index contributed by atoms with van der Waals surface area (Å²) < 4.78 is 8.16. The molecule has 0 N–H and O–H groups in total. The minimum atomic E-state index is -0.315. The van der Waals surface area contributed by atoms with E-state index in [2.05, 4.69) is 21.0 Å². The molecule has 1 saturated heterocycles. The summed E-state index contributed by atoms with van der Waals surface area (Å²) in [7, 11) is 1.66. The molecule has 2 heterocycles. The van der Waals surface area contributed by atoms with Crippen LogP contribution in [0.1, 0.15) is 23.9 Å². The lowest BCUT2D eigenvalue weighted by Gasteiger charge is -2.28. The molecular weight excluding hydrogens is 378 g/mol. The van der Waals surface area contributed by atoms with E-state index >= 15 is 0 Å². The van der Waals surface area contributed by atoms with E-state index in [0.29, 0.717) is 0 Å². The molecule has 2 unspecified atom stereocenters. The topological polar surface area (TPSA) is 47.4 Å². The molecule has 1 aromatic carbocycles. The van der Waals surface area contributed by atoms with Crippen molar-refractivity contribution in [2.24, 2.45) is 0 Å². The van der Waals surface area contributed by atoms with Crippen molar-refractivity contribution < 1.29 is 9.53 Å². The number of ether oxygens (including phenoxy) is 1. The van der Waals surface area contributed by atoms with Gasteiger partial charge in [-0.3, -0.25) is 9.48 Å². The average molecular weight is 396 g/mol. The molecule has 23 heavy (non-hydrogen) atoms. The van der Waals surface area contributed by atoms with E-state index in [4.69, 9.17) is 4.74 Å². The van der Waals surface area contributed by atoms with Crippen LogP contribution in [0.4, 0.5) is 0 Å². The number of carbonyl (C=O) groups excluding carboxylic acids is 1. The van der Waals surface area contributed by atoms with E-state index in [1.807, 2.05) is 42.3 Å². The maximum absolute atomic E-state index is 12.9. The quantitative estimate of drug-likeness (QED) is 0.794. The smallest absolute Gasteiger partial charge is 0.248 e. The lowest BCUT2D eigenvalue weighted by atomic mass is 10.1. The molecule has 1 aliphatic heterocycles. The van der Waals surface area contributed by atoms with Crippen LogP contribution in [0.5, 0.6) is 5.75 Å². The number of benzene rings is 1. The summed E-state index contributed by atoms with van der Waals surface area (Å²) in [5.41, 5.74) is 1.02. The van der Waals surface area contributed by atoms with Crippen molar-refractivity contribution in [3.05, 3.63) is 46.7 Å². The molecule has 122 valence electrons. The molecule has 0 saturated carbocycles. The van der Waals surface area contributed by atoms with E-state index in [-0.39, 0.29) is 17.3 Å². The Labute approximate surface area is 148 Å². The number of amides is 1. The Balaban J connectivity index is 1.88. The van der Waals surface area contributed by atoms with Crippen molar-refractivity contribution in [3.63, 3.8) is 0 Å². The van der Waals surface area contributed by atoms with E-state index < -0.39 is 0 Å². The molecule has 0 bridgehead atoms. The zero-order valence-corrected chi connectivity index (χ0v) is 15.4. The van der Waals surface area contributed by atoms with Gasteiger partial charge in [-0.05, 0) is 31.2 Å². The van der Waals surface area contributed by atoms with Crippen molar-refractivity contribution in [2.75, 3.05) is 19.4 Å². The molecule has 0 spiro atoms. The second kappa shape index (κ2) is 6.97. The molecular formula is C16H18BrN3O2S. The first-order valence-corrected chi connectivity index (χ1v) is 9.20. The molecule has 5 nitrogen and oxygen atoms in total. The standard InChI is InChI=1S/C16H18BrN3O2S/c1-11(20-7-3-6-18-20)15(21)19-8-9-23-16(19)13-10-12(17)4-5-14(13)22-2/h3-7,10-11,16H,8-9H2,1-2H3. The Bertz CT molecular complexity index is 693. The summed E-state index contributed by atoms with van der Waals surface area (Å²) in [6, 6.07) is 7.42. The van der Waals surface area contributed by atoms with Crippen LogP contribution in [-0.2, 0) is 4.79 Å². The van der Waals surface area contributed by atoms with Crippen LogP contribution < -0.4 is 4.74 Å². The number of hydrogen-bond acceptors (Lipinski definition) is 4. The number of methoxy groups -OCH3 is 1. The Hall–Kier alpha value is -1.47. The third-order valence-corrected chi connectivity index (χ3v) is 5.65. The number of thioether (sulfide) groups is 1. The van der Waals surface area contributed by atoms with Gasteiger partial charge >= 0.3 is 0 Å². The van der Waals surface area contributed by atoms with Crippen molar-refractivity contribution in [1.82, 2.24) is 14.7 Å². The van der Waals surface area contributed by atoms with Gasteiger partial charge in [0, 0.05) is 34.7 Å². The van der Waals surface area contributed by atoms with Crippen LogP contribution in [0.25, 0.3) is 0 Å². The first-order valence-electron chi connectivity index (χ1n) is 7.36.